The molecule has 4 N–H and O–H groups in total. The third-order valence-electron chi connectivity index (χ3n) is 5.94. The lowest BCUT2D eigenvalue weighted by molar-refractivity contribution is -0.116. The number of amides is 1. The van der Waals surface area contributed by atoms with Gasteiger partial charge in [-0.2, -0.15) is 9.61 Å². The summed E-state index contributed by atoms with van der Waals surface area (Å²) in [5.41, 5.74) is 2.77. The van der Waals surface area contributed by atoms with Crippen LogP contribution in [0, 0.1) is 0 Å². The van der Waals surface area contributed by atoms with Gasteiger partial charge in [0, 0.05) is 30.2 Å². The topological polar surface area (TPSA) is 153 Å². The Kier molecular flexibility index (Phi) is 5.64. The molecule has 2 aliphatic rings. The number of carbonyl (C=O) groups excluding carboxylic acids is 1. The summed E-state index contributed by atoms with van der Waals surface area (Å²) in [7, 11) is 0. The van der Waals surface area contributed by atoms with E-state index in [1.807, 2.05) is 24.3 Å². The Bertz CT molecular complexity index is 1670. The predicted molar refractivity (Wildman–Crippen MR) is 133 cm³/mol. The van der Waals surface area contributed by atoms with E-state index in [-0.39, 0.29) is 28.8 Å². The van der Waals surface area contributed by atoms with E-state index in [0.29, 0.717) is 34.2 Å². The van der Waals surface area contributed by atoms with Crippen molar-refractivity contribution < 1.29 is 9.90 Å². The molecule has 0 bridgehead atoms. The number of aromatic hydroxyl groups is 1. The quantitative estimate of drug-likeness (QED) is 0.305. The van der Waals surface area contributed by atoms with Gasteiger partial charge in [0.2, 0.25) is 5.88 Å². The molecule has 36 heavy (non-hydrogen) atoms. The van der Waals surface area contributed by atoms with Gasteiger partial charge in [-0.25, -0.2) is 9.78 Å². The zero-order valence-corrected chi connectivity index (χ0v) is 19.8. The molecule has 1 unspecified atom stereocenters. The molecule has 0 aromatic carbocycles. The summed E-state index contributed by atoms with van der Waals surface area (Å²) in [6, 6.07) is 5.94. The minimum Gasteiger partial charge on any atom is -0.493 e. The van der Waals surface area contributed by atoms with Gasteiger partial charge in [0.25, 0.3) is 5.91 Å². The highest BCUT2D eigenvalue weighted by Gasteiger charge is 2.26. The van der Waals surface area contributed by atoms with Crippen LogP contribution >= 0.6 is 11.8 Å². The molecule has 4 aromatic rings. The molecule has 5 heterocycles. The molecule has 1 amide bonds. The number of hydrogen-bond donors (Lipinski definition) is 4. The van der Waals surface area contributed by atoms with Crippen LogP contribution in [-0.2, 0) is 11.3 Å². The van der Waals surface area contributed by atoms with Gasteiger partial charge in [0.1, 0.15) is 5.69 Å². The molecule has 1 fully saturated rings. The molecule has 0 radical (unpaired) electrons. The molecule has 182 valence electrons. The number of allylic oxidation sites excluding steroid dienone is 1. The summed E-state index contributed by atoms with van der Waals surface area (Å²) in [6.45, 7) is 0.432. The Balaban J connectivity index is 1.30. The number of aromatic nitrogens is 6. The van der Waals surface area contributed by atoms with E-state index < -0.39 is 5.69 Å². The first-order valence-electron chi connectivity index (χ1n) is 11.5. The van der Waals surface area contributed by atoms with Crippen molar-refractivity contribution in [2.24, 2.45) is 4.99 Å². The minimum atomic E-state index is -0.503. The van der Waals surface area contributed by atoms with E-state index in [1.165, 1.54) is 11.8 Å². The van der Waals surface area contributed by atoms with Crippen LogP contribution in [0.2, 0.25) is 0 Å². The van der Waals surface area contributed by atoms with Crippen LogP contribution in [0.1, 0.15) is 41.5 Å². The highest BCUT2D eigenvalue weighted by molar-refractivity contribution is 8.04. The molecular weight excluding hydrogens is 480 g/mol. The summed E-state index contributed by atoms with van der Waals surface area (Å²) >= 11 is 1.48. The predicted octanol–water partition coefficient (Wildman–Crippen LogP) is 0.835. The SMILES string of the molecule is O=C(NCc1ccncc1)C1=CCC(c2cc(=NC3CC3)n3ncc(=Cc4[nH]c(=O)[nH]c4O)c3n2)S1. The summed E-state index contributed by atoms with van der Waals surface area (Å²) in [6.07, 6.45) is 11.3. The van der Waals surface area contributed by atoms with Crippen LogP contribution in [-0.4, -0.2) is 46.6 Å². The van der Waals surface area contributed by atoms with Crippen molar-refractivity contribution in [1.82, 2.24) is 34.9 Å². The van der Waals surface area contributed by atoms with Gasteiger partial charge in [0.15, 0.2) is 11.1 Å². The van der Waals surface area contributed by atoms with Crippen molar-refractivity contribution in [1.29, 1.82) is 0 Å². The van der Waals surface area contributed by atoms with Gasteiger partial charge < -0.3 is 15.4 Å². The number of thioether (sulfide) groups is 1. The normalized spacial score (nSPS) is 18.7. The fourth-order valence-electron chi connectivity index (χ4n) is 3.94. The van der Waals surface area contributed by atoms with Gasteiger partial charge in [0.05, 0.1) is 28.1 Å². The second-order valence-electron chi connectivity index (χ2n) is 8.67. The van der Waals surface area contributed by atoms with Crippen LogP contribution in [0.4, 0.5) is 0 Å². The lowest BCUT2D eigenvalue weighted by atomic mass is 10.2. The smallest absolute Gasteiger partial charge is 0.326 e. The average molecular weight is 503 g/mol. The van der Waals surface area contributed by atoms with E-state index in [2.05, 4.69) is 25.4 Å². The van der Waals surface area contributed by atoms with E-state index in [1.54, 1.807) is 29.2 Å². The number of hydrogen-bond acceptors (Lipinski definition) is 8. The number of nitrogens with one attached hydrogen (secondary N) is 3. The van der Waals surface area contributed by atoms with Crippen molar-refractivity contribution >= 4 is 29.4 Å². The van der Waals surface area contributed by atoms with Gasteiger partial charge in [-0.15, -0.1) is 11.8 Å². The zero-order valence-electron chi connectivity index (χ0n) is 19.0. The highest BCUT2D eigenvalue weighted by atomic mass is 32.2. The third-order valence-corrected chi connectivity index (χ3v) is 7.26. The molecule has 1 aliphatic carbocycles. The van der Waals surface area contributed by atoms with Crippen LogP contribution in [0.5, 0.6) is 5.88 Å². The number of carbonyl (C=O) groups is 1. The number of fused-ring (bicyclic) bond motifs is 1. The Labute approximate surface area is 208 Å². The number of H-pyrrole nitrogens is 2. The zero-order chi connectivity index (χ0) is 24.6. The van der Waals surface area contributed by atoms with Crippen molar-refractivity contribution in [3.05, 3.63) is 85.9 Å². The first-order valence-corrected chi connectivity index (χ1v) is 12.4. The number of nitrogens with zero attached hydrogens (tertiary/aromatic N) is 5. The molecule has 1 atom stereocenters. The monoisotopic (exact) mass is 502 g/mol. The third kappa shape index (κ3) is 4.54. The van der Waals surface area contributed by atoms with Crippen molar-refractivity contribution in [3.63, 3.8) is 0 Å². The van der Waals surface area contributed by atoms with Crippen LogP contribution < -0.4 is 21.7 Å². The van der Waals surface area contributed by atoms with Gasteiger partial charge >= 0.3 is 5.69 Å². The van der Waals surface area contributed by atoms with Crippen LogP contribution in [0.25, 0.3) is 11.7 Å². The van der Waals surface area contributed by atoms with E-state index in [9.17, 15) is 14.7 Å². The van der Waals surface area contributed by atoms with Gasteiger partial charge in [-0.1, -0.05) is 6.08 Å². The molecule has 4 aromatic heterocycles. The molecule has 1 saturated carbocycles. The van der Waals surface area contributed by atoms with Crippen LogP contribution in [0.15, 0.2) is 57.6 Å². The standard InChI is InChI=1S/C24H22N8O3S/c33-22-17(30-24(35)31-22)9-14-12-27-32-20(28-15-1-2-15)10-16(29-21(14)32)18-3-4-19(36-18)23(34)26-11-13-5-7-25-8-6-13/h4-10,12,15,18,33H,1-3,11H2,(H,26,34)(H2,30,31,35). The Hall–Kier alpha value is -4.19. The Morgan fingerprint density at radius 1 is 1.31 bits per heavy atom. The van der Waals surface area contributed by atoms with Gasteiger partial charge in [-0.05, 0) is 43.0 Å². The van der Waals surface area contributed by atoms with Crippen molar-refractivity contribution in [2.45, 2.75) is 37.1 Å². The summed E-state index contributed by atoms with van der Waals surface area (Å²) in [4.78, 5) is 43.5. The molecule has 11 nitrogen and oxygen atoms in total. The van der Waals surface area contributed by atoms with E-state index in [4.69, 9.17) is 9.98 Å². The fourth-order valence-corrected chi connectivity index (χ4v) is 5.05. The maximum Gasteiger partial charge on any atom is 0.326 e. The molecule has 12 heteroatoms. The lowest BCUT2D eigenvalue weighted by Crippen LogP contribution is -2.23. The minimum absolute atomic E-state index is 0.0481. The molecule has 0 spiro atoms. The summed E-state index contributed by atoms with van der Waals surface area (Å²) < 4.78 is 1.67. The average Bonchev–Trinajstić information content (AvgIpc) is 3.25. The van der Waals surface area contributed by atoms with Crippen molar-refractivity contribution in [3.8, 4) is 5.88 Å². The summed E-state index contributed by atoms with van der Waals surface area (Å²) in [5.74, 6) is -0.370. The van der Waals surface area contributed by atoms with Crippen molar-refractivity contribution in [2.75, 3.05) is 0 Å². The molecular formula is C24H22N8O3S. The number of rotatable bonds is 6. The molecule has 0 saturated heterocycles. The second-order valence-corrected chi connectivity index (χ2v) is 9.91. The van der Waals surface area contributed by atoms with E-state index in [0.717, 1.165) is 24.1 Å². The number of aromatic amines is 2. The highest BCUT2D eigenvalue weighted by Crippen LogP contribution is 2.42. The second kappa shape index (κ2) is 9.11. The fraction of sp³-hybridized carbons (Fsp3) is 0.250. The summed E-state index contributed by atoms with van der Waals surface area (Å²) in [5, 5.41) is 18.0. The first kappa shape index (κ1) is 22.3. The maximum absolute atomic E-state index is 12.7. The number of imidazole rings is 1. The Morgan fingerprint density at radius 3 is 2.89 bits per heavy atom. The molecule has 1 aliphatic heterocycles. The molecule has 6 rings (SSSR count). The van der Waals surface area contributed by atoms with Gasteiger partial charge in [-0.3, -0.25) is 19.8 Å². The van der Waals surface area contributed by atoms with Crippen LogP contribution in [0.3, 0.4) is 0 Å². The Morgan fingerprint density at radius 2 is 2.14 bits per heavy atom. The largest absolute Gasteiger partial charge is 0.493 e. The number of pyridine rings is 1. The first-order chi connectivity index (χ1) is 17.5. The lowest BCUT2D eigenvalue weighted by Gasteiger charge is -2.11. The maximum atomic E-state index is 12.7. The van der Waals surface area contributed by atoms with E-state index >= 15 is 0 Å².